The van der Waals surface area contributed by atoms with Gasteiger partial charge in [0.25, 0.3) is 0 Å². The number of hydrogen-bond acceptors (Lipinski definition) is 5. The molecule has 2 aliphatic heterocycles. The molecule has 1 aromatic heterocycles. The zero-order valence-electron chi connectivity index (χ0n) is 15.8. The van der Waals surface area contributed by atoms with Gasteiger partial charge in [0, 0.05) is 32.2 Å². The smallest absolute Gasteiger partial charge is 0.224 e. The molecule has 0 unspecified atom stereocenters. The molecule has 0 saturated carbocycles. The summed E-state index contributed by atoms with van der Waals surface area (Å²) in [5, 5.41) is 17.7. The molecule has 2 aromatic rings. The predicted octanol–water partition coefficient (Wildman–Crippen LogP) is 1.52. The van der Waals surface area contributed by atoms with Crippen LogP contribution in [0.4, 0.5) is 0 Å². The third-order valence-corrected chi connectivity index (χ3v) is 6.13. The molecule has 27 heavy (non-hydrogen) atoms. The Labute approximate surface area is 159 Å². The number of likely N-dealkylation sites (tertiary alicyclic amines) is 2. The minimum absolute atomic E-state index is 0.213. The van der Waals surface area contributed by atoms with E-state index in [1.54, 1.807) is 0 Å². The Kier molecular flexibility index (Phi) is 5.69. The van der Waals surface area contributed by atoms with Gasteiger partial charge in [0.15, 0.2) is 0 Å². The highest BCUT2D eigenvalue weighted by molar-refractivity contribution is 5.77. The maximum atomic E-state index is 12.8. The fourth-order valence-electron chi connectivity index (χ4n) is 4.42. The quantitative estimate of drug-likeness (QED) is 0.863. The third-order valence-electron chi connectivity index (χ3n) is 6.13. The second kappa shape index (κ2) is 8.35. The van der Waals surface area contributed by atoms with Gasteiger partial charge < -0.3 is 10.0 Å². The Balaban J connectivity index is 1.31. The number of benzene rings is 1. The Bertz CT molecular complexity index is 769. The Morgan fingerprint density at radius 3 is 2.78 bits per heavy atom. The lowest BCUT2D eigenvalue weighted by molar-refractivity contribution is -0.133. The molecule has 1 aromatic carbocycles. The van der Waals surface area contributed by atoms with Crippen LogP contribution >= 0.6 is 0 Å². The van der Waals surface area contributed by atoms with Crippen LogP contribution in [0.15, 0.2) is 24.3 Å². The molecule has 2 saturated heterocycles. The minimum Gasteiger partial charge on any atom is -0.396 e. The summed E-state index contributed by atoms with van der Waals surface area (Å²) in [6, 6.07) is 8.32. The molecular weight excluding hydrogens is 342 g/mol. The van der Waals surface area contributed by atoms with Crippen LogP contribution in [-0.2, 0) is 11.3 Å². The van der Waals surface area contributed by atoms with Crippen molar-refractivity contribution in [3.63, 3.8) is 0 Å². The molecule has 1 amide bonds. The zero-order chi connectivity index (χ0) is 18.6. The monoisotopic (exact) mass is 371 g/mol. The van der Waals surface area contributed by atoms with Crippen molar-refractivity contribution in [2.45, 2.75) is 44.7 Å². The van der Waals surface area contributed by atoms with E-state index >= 15 is 0 Å². The molecule has 7 heteroatoms. The van der Waals surface area contributed by atoms with E-state index in [0.29, 0.717) is 31.5 Å². The van der Waals surface area contributed by atoms with Crippen LogP contribution < -0.4 is 0 Å². The van der Waals surface area contributed by atoms with Crippen LogP contribution in [0.1, 0.15) is 32.1 Å². The first-order valence-electron chi connectivity index (χ1n) is 10.2. The lowest BCUT2D eigenvalue weighted by Crippen LogP contribution is -2.52. The molecule has 0 aliphatic carbocycles. The van der Waals surface area contributed by atoms with Gasteiger partial charge in [0.05, 0.1) is 12.1 Å². The lowest BCUT2D eigenvalue weighted by Gasteiger charge is -2.42. The van der Waals surface area contributed by atoms with Crippen molar-refractivity contribution in [2.24, 2.45) is 5.92 Å². The molecule has 0 bridgehead atoms. The van der Waals surface area contributed by atoms with Crippen molar-refractivity contribution in [1.29, 1.82) is 0 Å². The molecule has 2 fully saturated rings. The number of aryl methyl sites for hydroxylation is 1. The third kappa shape index (κ3) is 4.14. The fourth-order valence-corrected chi connectivity index (χ4v) is 4.42. The molecule has 0 spiro atoms. The molecule has 1 atom stereocenters. The first-order valence-corrected chi connectivity index (χ1v) is 10.2. The van der Waals surface area contributed by atoms with Gasteiger partial charge in [-0.25, -0.2) is 4.68 Å². The number of amides is 1. The molecule has 2 aliphatic rings. The van der Waals surface area contributed by atoms with Gasteiger partial charge in [-0.2, -0.15) is 0 Å². The number of aliphatic hydroxyl groups is 1. The van der Waals surface area contributed by atoms with E-state index in [9.17, 15) is 9.90 Å². The van der Waals surface area contributed by atoms with Gasteiger partial charge in [-0.05, 0) is 56.8 Å². The van der Waals surface area contributed by atoms with Crippen LogP contribution in [0.25, 0.3) is 11.0 Å². The van der Waals surface area contributed by atoms with Gasteiger partial charge in [-0.3, -0.25) is 9.69 Å². The second-order valence-corrected chi connectivity index (χ2v) is 7.85. The Morgan fingerprint density at radius 1 is 1.15 bits per heavy atom. The number of piperidine rings is 2. The predicted molar refractivity (Wildman–Crippen MR) is 103 cm³/mol. The number of fused-ring (bicyclic) bond motifs is 1. The average molecular weight is 371 g/mol. The molecule has 0 radical (unpaired) electrons. The number of nitrogens with zero attached hydrogens (tertiary/aromatic N) is 5. The Hall–Kier alpha value is -1.99. The standard InChI is InChI=1S/C20H29N5O2/c26-15-16-7-11-23(12-8-16)17-4-3-10-24(14-17)20(27)9-13-25-19-6-2-1-5-18(19)21-22-25/h1-2,5-6,16-17,26H,3-4,7-15H2/t17-/m0/s1. The maximum Gasteiger partial charge on any atom is 0.224 e. The average Bonchev–Trinajstić information content (AvgIpc) is 3.15. The van der Waals surface area contributed by atoms with Gasteiger partial charge in [-0.1, -0.05) is 17.3 Å². The van der Waals surface area contributed by atoms with Gasteiger partial charge in [-0.15, -0.1) is 5.10 Å². The highest BCUT2D eigenvalue weighted by atomic mass is 16.3. The van der Waals surface area contributed by atoms with Crippen LogP contribution in [0, 0.1) is 5.92 Å². The number of para-hydroxylation sites is 1. The van der Waals surface area contributed by atoms with Gasteiger partial charge >= 0.3 is 0 Å². The van der Waals surface area contributed by atoms with Crippen LogP contribution in [0.2, 0.25) is 0 Å². The van der Waals surface area contributed by atoms with E-state index in [1.165, 1.54) is 6.42 Å². The molecule has 4 rings (SSSR count). The maximum absolute atomic E-state index is 12.8. The fraction of sp³-hybridized carbons (Fsp3) is 0.650. The number of carbonyl (C=O) groups is 1. The van der Waals surface area contributed by atoms with E-state index in [2.05, 4.69) is 15.2 Å². The molecule has 146 valence electrons. The van der Waals surface area contributed by atoms with Crippen molar-refractivity contribution >= 4 is 16.9 Å². The van der Waals surface area contributed by atoms with E-state index in [4.69, 9.17) is 0 Å². The summed E-state index contributed by atoms with van der Waals surface area (Å²) in [5.74, 6) is 0.671. The normalized spacial score (nSPS) is 22.4. The first-order chi connectivity index (χ1) is 13.2. The number of hydrogen-bond donors (Lipinski definition) is 1. The number of carbonyl (C=O) groups excluding carboxylic acids is 1. The number of rotatable bonds is 5. The van der Waals surface area contributed by atoms with Crippen LogP contribution in [0.5, 0.6) is 0 Å². The summed E-state index contributed by atoms with van der Waals surface area (Å²) in [6.45, 7) is 4.66. The summed E-state index contributed by atoms with van der Waals surface area (Å²) in [7, 11) is 0. The zero-order valence-corrected chi connectivity index (χ0v) is 15.8. The number of aliphatic hydroxyl groups excluding tert-OH is 1. The van der Waals surface area contributed by atoms with E-state index in [-0.39, 0.29) is 5.91 Å². The summed E-state index contributed by atoms with van der Waals surface area (Å²) in [6.07, 6.45) is 4.84. The SMILES string of the molecule is O=C(CCn1nnc2ccccc21)N1CCC[C@H](N2CCC(CO)CC2)C1. The minimum atomic E-state index is 0.213. The van der Waals surface area contributed by atoms with E-state index in [0.717, 1.165) is 56.5 Å². The van der Waals surface area contributed by atoms with Gasteiger partial charge in [0.1, 0.15) is 5.52 Å². The number of aromatic nitrogens is 3. The van der Waals surface area contributed by atoms with Crippen molar-refractivity contribution < 1.29 is 9.90 Å². The van der Waals surface area contributed by atoms with E-state index in [1.807, 2.05) is 33.8 Å². The summed E-state index contributed by atoms with van der Waals surface area (Å²) >= 11 is 0. The highest BCUT2D eigenvalue weighted by Crippen LogP contribution is 2.23. The molecule has 3 heterocycles. The lowest BCUT2D eigenvalue weighted by atomic mass is 9.94. The van der Waals surface area contributed by atoms with Crippen molar-refractivity contribution in [3.05, 3.63) is 24.3 Å². The highest BCUT2D eigenvalue weighted by Gasteiger charge is 2.30. The first kappa shape index (κ1) is 18.4. The van der Waals surface area contributed by atoms with Gasteiger partial charge in [0.2, 0.25) is 5.91 Å². The summed E-state index contributed by atoms with van der Waals surface area (Å²) < 4.78 is 1.83. The van der Waals surface area contributed by atoms with E-state index < -0.39 is 0 Å². The Morgan fingerprint density at radius 2 is 1.96 bits per heavy atom. The summed E-state index contributed by atoms with van der Waals surface area (Å²) in [4.78, 5) is 17.3. The molecular formula is C20H29N5O2. The molecule has 7 nitrogen and oxygen atoms in total. The largest absolute Gasteiger partial charge is 0.396 e. The second-order valence-electron chi connectivity index (χ2n) is 7.85. The molecule has 1 N–H and O–H groups in total. The van der Waals surface area contributed by atoms with Crippen LogP contribution in [0.3, 0.4) is 0 Å². The topological polar surface area (TPSA) is 74.5 Å². The van der Waals surface area contributed by atoms with Crippen molar-refractivity contribution in [2.75, 3.05) is 32.8 Å². The van der Waals surface area contributed by atoms with Crippen molar-refractivity contribution in [1.82, 2.24) is 24.8 Å². The summed E-state index contributed by atoms with van der Waals surface area (Å²) in [5.41, 5.74) is 1.85. The van der Waals surface area contributed by atoms with Crippen LogP contribution in [-0.4, -0.2) is 74.6 Å². The van der Waals surface area contributed by atoms with Crippen molar-refractivity contribution in [3.8, 4) is 0 Å².